The van der Waals surface area contributed by atoms with Crippen LogP contribution in [-0.2, 0) is 6.54 Å². The molecule has 9 heteroatoms. The molecular weight excluding hydrogens is 416 g/mol. The van der Waals surface area contributed by atoms with Gasteiger partial charge in [0.25, 0.3) is 0 Å². The van der Waals surface area contributed by atoms with Crippen LogP contribution in [0, 0.1) is 0 Å². The summed E-state index contributed by atoms with van der Waals surface area (Å²) in [4.78, 5) is 14.2. The van der Waals surface area contributed by atoms with Gasteiger partial charge in [0, 0.05) is 31.0 Å². The maximum atomic E-state index is 9.83. The molecular formula is C24H30N8O. The fraction of sp³-hybridized carbons (Fsp3) is 0.417. The molecule has 172 valence electrons. The van der Waals surface area contributed by atoms with Crippen LogP contribution < -0.4 is 10.6 Å². The maximum absolute atomic E-state index is 9.83. The van der Waals surface area contributed by atoms with Crippen molar-refractivity contribution in [3.8, 4) is 5.69 Å². The van der Waals surface area contributed by atoms with Crippen molar-refractivity contribution in [2.45, 2.75) is 64.3 Å². The van der Waals surface area contributed by atoms with E-state index in [1.165, 1.54) is 0 Å². The zero-order valence-electron chi connectivity index (χ0n) is 19.0. The first-order valence-electron chi connectivity index (χ1n) is 11.6. The Morgan fingerprint density at radius 2 is 1.91 bits per heavy atom. The molecule has 33 heavy (non-hydrogen) atoms. The minimum atomic E-state index is -0.194. The van der Waals surface area contributed by atoms with E-state index in [-0.39, 0.29) is 18.2 Å². The normalized spacial score (nSPS) is 18.7. The Bertz CT molecular complexity index is 1210. The Labute approximate surface area is 192 Å². The van der Waals surface area contributed by atoms with Crippen molar-refractivity contribution in [2.24, 2.45) is 0 Å². The second-order valence-corrected chi connectivity index (χ2v) is 8.90. The van der Waals surface area contributed by atoms with Crippen molar-refractivity contribution in [3.63, 3.8) is 0 Å². The van der Waals surface area contributed by atoms with Crippen LogP contribution in [-0.4, -0.2) is 46.6 Å². The average molecular weight is 447 g/mol. The molecule has 3 aromatic heterocycles. The number of rotatable bonds is 7. The van der Waals surface area contributed by atoms with E-state index in [4.69, 9.17) is 9.97 Å². The van der Waals surface area contributed by atoms with Crippen molar-refractivity contribution < 1.29 is 5.11 Å². The van der Waals surface area contributed by atoms with Crippen molar-refractivity contribution in [3.05, 3.63) is 54.6 Å². The molecule has 1 aromatic carbocycles. The minimum Gasteiger partial charge on any atom is -0.393 e. The number of aliphatic hydroxyl groups is 1. The largest absolute Gasteiger partial charge is 0.393 e. The summed E-state index contributed by atoms with van der Waals surface area (Å²) in [6, 6.07) is 10.6. The monoisotopic (exact) mass is 446 g/mol. The summed E-state index contributed by atoms with van der Waals surface area (Å²) in [5.41, 5.74) is 3.69. The lowest BCUT2D eigenvalue weighted by Crippen LogP contribution is -2.29. The van der Waals surface area contributed by atoms with Gasteiger partial charge in [0.2, 0.25) is 5.95 Å². The highest BCUT2D eigenvalue weighted by Crippen LogP contribution is 2.27. The maximum Gasteiger partial charge on any atom is 0.227 e. The Morgan fingerprint density at radius 1 is 1.09 bits per heavy atom. The molecule has 4 aromatic rings. The molecule has 1 aliphatic carbocycles. The number of aromatic nitrogens is 6. The van der Waals surface area contributed by atoms with Crippen LogP contribution in [0.1, 0.15) is 51.1 Å². The highest BCUT2D eigenvalue weighted by atomic mass is 16.3. The molecule has 0 radical (unpaired) electrons. The SMILES string of the molecule is CC(C)n1cnc2c(NCc3ccccc3-n3cccn3)nc(N[C@H]3CC[C@H](O)CC3)nc21. The van der Waals surface area contributed by atoms with Gasteiger partial charge in [0.05, 0.1) is 18.1 Å². The van der Waals surface area contributed by atoms with Gasteiger partial charge in [-0.25, -0.2) is 9.67 Å². The van der Waals surface area contributed by atoms with Crippen LogP contribution in [0.3, 0.4) is 0 Å². The number of fused-ring (bicyclic) bond motifs is 1. The summed E-state index contributed by atoms with van der Waals surface area (Å²) in [6.07, 6.45) is 8.78. The van der Waals surface area contributed by atoms with Crippen molar-refractivity contribution in [2.75, 3.05) is 10.6 Å². The first-order valence-corrected chi connectivity index (χ1v) is 11.6. The lowest BCUT2D eigenvalue weighted by Gasteiger charge is -2.26. The molecule has 3 N–H and O–H groups in total. The lowest BCUT2D eigenvalue weighted by atomic mass is 9.93. The topological polar surface area (TPSA) is 106 Å². The molecule has 0 aliphatic heterocycles. The van der Waals surface area contributed by atoms with E-state index in [2.05, 4.69) is 51.3 Å². The van der Waals surface area contributed by atoms with Crippen molar-refractivity contribution >= 4 is 22.9 Å². The van der Waals surface area contributed by atoms with E-state index in [1.807, 2.05) is 35.4 Å². The van der Waals surface area contributed by atoms with E-state index in [9.17, 15) is 5.11 Å². The minimum absolute atomic E-state index is 0.194. The summed E-state index contributed by atoms with van der Waals surface area (Å²) in [5, 5.41) is 21.2. The molecule has 1 saturated carbocycles. The van der Waals surface area contributed by atoms with Crippen LogP contribution in [0.2, 0.25) is 0 Å². The number of hydrogen-bond donors (Lipinski definition) is 3. The second kappa shape index (κ2) is 9.19. The fourth-order valence-electron chi connectivity index (χ4n) is 4.36. The van der Waals surface area contributed by atoms with E-state index in [1.54, 1.807) is 6.20 Å². The predicted molar refractivity (Wildman–Crippen MR) is 128 cm³/mol. The second-order valence-electron chi connectivity index (χ2n) is 8.90. The molecule has 0 saturated heterocycles. The molecule has 1 aliphatic rings. The molecule has 5 rings (SSSR count). The Hall–Kier alpha value is -3.46. The van der Waals surface area contributed by atoms with Gasteiger partial charge in [-0.1, -0.05) is 18.2 Å². The number of para-hydroxylation sites is 1. The summed E-state index contributed by atoms with van der Waals surface area (Å²) in [5.74, 6) is 1.29. The van der Waals surface area contributed by atoms with E-state index >= 15 is 0 Å². The third kappa shape index (κ3) is 4.54. The number of nitrogens with one attached hydrogen (secondary N) is 2. The van der Waals surface area contributed by atoms with Gasteiger partial charge in [0.1, 0.15) is 0 Å². The first-order chi connectivity index (χ1) is 16.1. The van der Waals surface area contributed by atoms with Crippen LogP contribution in [0.25, 0.3) is 16.9 Å². The van der Waals surface area contributed by atoms with Crippen LogP contribution >= 0.6 is 0 Å². The van der Waals surface area contributed by atoms with E-state index < -0.39 is 0 Å². The zero-order valence-corrected chi connectivity index (χ0v) is 19.0. The standard InChI is InChI=1S/C24H30N8O/c1-16(2)31-15-26-21-22(25-14-17-6-3-4-7-20(17)32-13-5-12-27-32)29-24(30-23(21)31)28-18-8-10-19(33)11-9-18/h3-7,12-13,15-16,18-19,33H,8-11,14H2,1-2H3,(H2,25,28,29,30)/t18-,19-. The Morgan fingerprint density at radius 3 is 2.67 bits per heavy atom. The molecule has 0 atom stereocenters. The molecule has 0 amide bonds. The summed E-state index contributed by atoms with van der Waals surface area (Å²) in [6.45, 7) is 4.81. The predicted octanol–water partition coefficient (Wildman–Crippen LogP) is 3.92. The highest BCUT2D eigenvalue weighted by molar-refractivity contribution is 5.84. The highest BCUT2D eigenvalue weighted by Gasteiger charge is 2.21. The Kier molecular flexibility index (Phi) is 5.95. The molecule has 9 nitrogen and oxygen atoms in total. The van der Waals surface area contributed by atoms with E-state index in [0.29, 0.717) is 18.3 Å². The van der Waals surface area contributed by atoms with Crippen LogP contribution in [0.5, 0.6) is 0 Å². The number of hydrogen-bond acceptors (Lipinski definition) is 7. The Balaban J connectivity index is 1.45. The quantitative estimate of drug-likeness (QED) is 0.395. The average Bonchev–Trinajstić information content (AvgIpc) is 3.49. The van der Waals surface area contributed by atoms with Gasteiger partial charge in [-0.15, -0.1) is 0 Å². The number of anilines is 2. The van der Waals surface area contributed by atoms with Gasteiger partial charge >= 0.3 is 0 Å². The van der Waals surface area contributed by atoms with Crippen LogP contribution in [0.4, 0.5) is 11.8 Å². The smallest absolute Gasteiger partial charge is 0.227 e. The number of nitrogens with zero attached hydrogens (tertiary/aromatic N) is 6. The summed E-state index contributed by atoms with van der Waals surface area (Å²) >= 11 is 0. The van der Waals surface area contributed by atoms with Gasteiger partial charge < -0.3 is 20.3 Å². The third-order valence-electron chi connectivity index (χ3n) is 6.20. The molecule has 3 heterocycles. The van der Waals surface area contributed by atoms with Gasteiger partial charge in [-0.05, 0) is 57.2 Å². The number of imidazole rings is 1. The lowest BCUT2D eigenvalue weighted by molar-refractivity contribution is 0.126. The molecule has 0 unspecified atom stereocenters. The molecule has 1 fully saturated rings. The number of aliphatic hydroxyl groups excluding tert-OH is 1. The molecule has 0 spiro atoms. The van der Waals surface area contributed by atoms with Crippen molar-refractivity contribution in [1.29, 1.82) is 0 Å². The summed E-state index contributed by atoms with van der Waals surface area (Å²) in [7, 11) is 0. The van der Waals surface area contributed by atoms with Crippen LogP contribution in [0.15, 0.2) is 49.1 Å². The number of benzene rings is 1. The van der Waals surface area contributed by atoms with E-state index in [0.717, 1.165) is 48.1 Å². The van der Waals surface area contributed by atoms with Gasteiger partial charge in [0.15, 0.2) is 17.0 Å². The fourth-order valence-corrected chi connectivity index (χ4v) is 4.36. The molecule has 0 bridgehead atoms. The van der Waals surface area contributed by atoms with Crippen molar-refractivity contribution in [1.82, 2.24) is 29.3 Å². The van der Waals surface area contributed by atoms with Gasteiger partial charge in [-0.2, -0.15) is 15.1 Å². The first kappa shape index (κ1) is 21.4. The zero-order chi connectivity index (χ0) is 22.8. The third-order valence-corrected chi connectivity index (χ3v) is 6.20. The summed E-state index contributed by atoms with van der Waals surface area (Å²) < 4.78 is 3.93. The van der Waals surface area contributed by atoms with Gasteiger partial charge in [-0.3, -0.25) is 0 Å².